The van der Waals surface area contributed by atoms with Crippen molar-refractivity contribution < 1.29 is 14.0 Å². The fraction of sp³-hybridized carbons (Fsp3) is 0.588. The van der Waals surface area contributed by atoms with Crippen LogP contribution in [0.1, 0.15) is 19.4 Å². The zero-order valence-electron chi connectivity index (χ0n) is 14.1. The lowest BCUT2D eigenvalue weighted by Crippen LogP contribution is -3.15. The first-order chi connectivity index (χ1) is 10.9. The molecule has 1 unspecified atom stereocenters. The van der Waals surface area contributed by atoms with Gasteiger partial charge in [-0.15, -0.1) is 0 Å². The number of ether oxygens (including phenoxy) is 1. The van der Waals surface area contributed by atoms with Crippen molar-refractivity contribution in [2.24, 2.45) is 5.92 Å². The molecule has 0 spiro atoms. The number of hydrogen-bond acceptors (Lipinski definition) is 2. The van der Waals surface area contributed by atoms with Gasteiger partial charge in [0.15, 0.2) is 5.11 Å². The van der Waals surface area contributed by atoms with Crippen LogP contribution in [0.3, 0.4) is 0 Å². The van der Waals surface area contributed by atoms with E-state index in [1.54, 1.807) is 17.9 Å². The number of halogens is 1. The van der Waals surface area contributed by atoms with E-state index in [-0.39, 0.29) is 11.9 Å². The van der Waals surface area contributed by atoms with Gasteiger partial charge in [0.2, 0.25) is 0 Å². The Morgan fingerprint density at radius 3 is 2.96 bits per heavy atom. The maximum absolute atomic E-state index is 13.5. The molecule has 6 heteroatoms. The van der Waals surface area contributed by atoms with Crippen LogP contribution in [0.2, 0.25) is 0 Å². The summed E-state index contributed by atoms with van der Waals surface area (Å²) in [6.45, 7) is 10.9. The van der Waals surface area contributed by atoms with Gasteiger partial charge < -0.3 is 20.3 Å². The van der Waals surface area contributed by atoms with Crippen molar-refractivity contribution in [3.8, 4) is 0 Å². The van der Waals surface area contributed by atoms with Crippen LogP contribution in [0, 0.1) is 18.7 Å². The van der Waals surface area contributed by atoms with Gasteiger partial charge in [-0.25, -0.2) is 4.39 Å². The van der Waals surface area contributed by atoms with Crippen molar-refractivity contribution in [3.05, 3.63) is 29.6 Å². The summed E-state index contributed by atoms with van der Waals surface area (Å²) in [6, 6.07) is 5.00. The van der Waals surface area contributed by atoms with Crippen molar-refractivity contribution >= 4 is 23.0 Å². The quantitative estimate of drug-likeness (QED) is 0.708. The zero-order chi connectivity index (χ0) is 16.8. The molecule has 1 fully saturated rings. The molecule has 1 aliphatic heterocycles. The number of morpholine rings is 1. The van der Waals surface area contributed by atoms with Gasteiger partial charge in [-0.3, -0.25) is 0 Å². The standard InChI is InChI=1S/C17H26FN3OS/c1-12(2)10-21-6-7-22-15(11-21)9-19-17(23)20-14-5-4-13(3)16(18)8-14/h4-5,8,12,15H,6-7,9-11H2,1-3H3,(H2,19,20,23)/p+1/t15-/m1/s1. The van der Waals surface area contributed by atoms with Gasteiger partial charge in [0.05, 0.1) is 13.2 Å². The third-order valence-corrected chi connectivity index (χ3v) is 4.19. The molecule has 2 rings (SSSR count). The molecule has 1 aromatic carbocycles. The van der Waals surface area contributed by atoms with Gasteiger partial charge in [-0.2, -0.15) is 0 Å². The minimum atomic E-state index is -0.235. The Morgan fingerprint density at radius 2 is 2.26 bits per heavy atom. The molecule has 0 bridgehead atoms. The maximum Gasteiger partial charge on any atom is 0.170 e. The van der Waals surface area contributed by atoms with Crippen LogP contribution in [-0.4, -0.2) is 44.0 Å². The summed E-state index contributed by atoms with van der Waals surface area (Å²) in [5.74, 6) is 0.456. The molecule has 2 atom stereocenters. The minimum absolute atomic E-state index is 0.159. The van der Waals surface area contributed by atoms with Crippen molar-refractivity contribution in [2.75, 3.05) is 38.1 Å². The Balaban J connectivity index is 1.76. The molecule has 128 valence electrons. The minimum Gasteiger partial charge on any atom is -0.365 e. The average Bonchev–Trinajstić information content (AvgIpc) is 2.49. The van der Waals surface area contributed by atoms with Crippen LogP contribution in [0.4, 0.5) is 10.1 Å². The number of quaternary nitrogens is 1. The highest BCUT2D eigenvalue weighted by Gasteiger charge is 2.24. The van der Waals surface area contributed by atoms with E-state index in [0.717, 1.165) is 19.7 Å². The normalized spacial score (nSPS) is 21.3. The van der Waals surface area contributed by atoms with E-state index in [1.807, 2.05) is 6.07 Å². The summed E-state index contributed by atoms with van der Waals surface area (Å²) in [7, 11) is 0. The topological polar surface area (TPSA) is 37.7 Å². The molecule has 3 N–H and O–H groups in total. The molecule has 0 amide bonds. The summed E-state index contributed by atoms with van der Waals surface area (Å²) >= 11 is 5.27. The summed E-state index contributed by atoms with van der Waals surface area (Å²) in [5.41, 5.74) is 1.28. The lowest BCUT2D eigenvalue weighted by molar-refractivity contribution is -0.914. The monoisotopic (exact) mass is 340 g/mol. The molecule has 0 radical (unpaired) electrons. The molecule has 4 nitrogen and oxygen atoms in total. The van der Waals surface area contributed by atoms with Crippen molar-refractivity contribution in [2.45, 2.75) is 26.9 Å². The molecule has 1 aromatic rings. The molecule has 23 heavy (non-hydrogen) atoms. The zero-order valence-corrected chi connectivity index (χ0v) is 14.9. The first-order valence-corrected chi connectivity index (χ1v) is 8.61. The van der Waals surface area contributed by atoms with Crippen molar-refractivity contribution in [1.29, 1.82) is 0 Å². The Morgan fingerprint density at radius 1 is 1.48 bits per heavy atom. The molecule has 0 aliphatic carbocycles. The molecule has 0 aromatic heterocycles. The van der Waals surface area contributed by atoms with Gasteiger partial charge in [0, 0.05) is 18.2 Å². The Bertz CT molecular complexity index is 539. The van der Waals surface area contributed by atoms with Gasteiger partial charge >= 0.3 is 0 Å². The second-order valence-electron chi connectivity index (χ2n) is 6.59. The third kappa shape index (κ3) is 6.05. The van der Waals surface area contributed by atoms with Crippen molar-refractivity contribution in [1.82, 2.24) is 5.32 Å². The number of nitrogens with one attached hydrogen (secondary N) is 3. The second-order valence-corrected chi connectivity index (χ2v) is 7.00. The molecular weight excluding hydrogens is 313 g/mol. The summed E-state index contributed by atoms with van der Waals surface area (Å²) in [5, 5.41) is 6.67. The number of hydrogen-bond donors (Lipinski definition) is 3. The smallest absolute Gasteiger partial charge is 0.170 e. The number of aryl methyl sites for hydroxylation is 1. The number of thiocarbonyl (C=S) groups is 1. The fourth-order valence-electron chi connectivity index (χ4n) is 2.80. The van der Waals surface area contributed by atoms with E-state index < -0.39 is 0 Å². The predicted octanol–water partition coefficient (Wildman–Crippen LogP) is 1.36. The molecule has 0 saturated carbocycles. The molecule has 1 saturated heterocycles. The largest absolute Gasteiger partial charge is 0.365 e. The lowest BCUT2D eigenvalue weighted by Gasteiger charge is -2.31. The van der Waals surface area contributed by atoms with Gasteiger partial charge in [0.1, 0.15) is 25.0 Å². The fourth-order valence-corrected chi connectivity index (χ4v) is 3.00. The summed E-state index contributed by atoms with van der Waals surface area (Å²) in [6.07, 6.45) is 0.159. The highest BCUT2D eigenvalue weighted by Crippen LogP contribution is 2.13. The molecule has 1 aliphatic rings. The first-order valence-electron chi connectivity index (χ1n) is 8.20. The van der Waals surface area contributed by atoms with Crippen molar-refractivity contribution in [3.63, 3.8) is 0 Å². The number of anilines is 1. The summed E-state index contributed by atoms with van der Waals surface area (Å²) in [4.78, 5) is 1.58. The van der Waals surface area contributed by atoms with E-state index >= 15 is 0 Å². The predicted molar refractivity (Wildman–Crippen MR) is 95.5 cm³/mol. The van der Waals surface area contributed by atoms with Crippen LogP contribution in [0.15, 0.2) is 18.2 Å². The van der Waals surface area contributed by atoms with Crippen LogP contribution in [0.5, 0.6) is 0 Å². The summed E-state index contributed by atoms with van der Waals surface area (Å²) < 4.78 is 19.3. The lowest BCUT2D eigenvalue weighted by atomic mass is 10.2. The highest BCUT2D eigenvalue weighted by atomic mass is 32.1. The van der Waals surface area contributed by atoms with Gasteiger partial charge in [0.25, 0.3) is 0 Å². The van der Waals surface area contributed by atoms with Crippen LogP contribution in [0.25, 0.3) is 0 Å². The van der Waals surface area contributed by atoms with Crippen LogP contribution < -0.4 is 15.5 Å². The Labute approximate surface area is 143 Å². The van der Waals surface area contributed by atoms with Crippen LogP contribution >= 0.6 is 12.2 Å². The number of rotatable bonds is 5. The molecular formula is C17H27FN3OS+. The van der Waals surface area contributed by atoms with E-state index in [9.17, 15) is 4.39 Å². The highest BCUT2D eigenvalue weighted by molar-refractivity contribution is 7.80. The maximum atomic E-state index is 13.5. The van der Waals surface area contributed by atoms with E-state index in [1.165, 1.54) is 12.6 Å². The van der Waals surface area contributed by atoms with E-state index in [0.29, 0.717) is 28.8 Å². The average molecular weight is 340 g/mol. The van der Waals surface area contributed by atoms with Gasteiger partial charge in [-0.1, -0.05) is 19.9 Å². The Kier molecular flexibility index (Phi) is 6.74. The number of benzene rings is 1. The first kappa shape index (κ1) is 18.1. The van der Waals surface area contributed by atoms with Crippen LogP contribution in [-0.2, 0) is 4.74 Å². The third-order valence-electron chi connectivity index (χ3n) is 3.94. The van der Waals surface area contributed by atoms with E-state index in [4.69, 9.17) is 17.0 Å². The van der Waals surface area contributed by atoms with Gasteiger partial charge in [-0.05, 0) is 36.8 Å². The van der Waals surface area contributed by atoms with E-state index in [2.05, 4.69) is 24.5 Å². The molecule has 1 heterocycles. The Hall–Kier alpha value is -1.24. The second kappa shape index (κ2) is 8.57. The SMILES string of the molecule is Cc1ccc(NC(=S)NC[C@@H]2C[NH+](CC(C)C)CCO2)cc1F.